The second kappa shape index (κ2) is 8.67. The zero-order chi connectivity index (χ0) is 25.0. The highest BCUT2D eigenvalue weighted by Gasteiger charge is 2.20. The van der Waals surface area contributed by atoms with Crippen molar-refractivity contribution in [1.82, 2.24) is 19.9 Å². The maximum atomic E-state index is 5.16. The van der Waals surface area contributed by atoms with Gasteiger partial charge in [-0.3, -0.25) is 0 Å². The Bertz CT molecular complexity index is 1590. The van der Waals surface area contributed by atoms with Gasteiger partial charge in [-0.1, -0.05) is 20.8 Å². The van der Waals surface area contributed by atoms with Crippen LogP contribution >= 0.6 is 0 Å². The predicted molar refractivity (Wildman–Crippen MR) is 150 cm³/mol. The Labute approximate surface area is 208 Å². The molecular weight excluding hydrogens is 428 g/mol. The van der Waals surface area contributed by atoms with E-state index >= 15 is 0 Å². The third-order valence-electron chi connectivity index (χ3n) is 7.91. The number of hydrogen-bond donors (Lipinski definition) is 2. The van der Waals surface area contributed by atoms with Crippen molar-refractivity contribution in [3.63, 3.8) is 0 Å². The molecule has 0 fully saturated rings. The molecule has 0 atom stereocenters. The van der Waals surface area contributed by atoms with E-state index in [1.807, 2.05) is 0 Å². The standard InChI is InChI=1S/C31H36N4/c1-9-21-18(6)27-15-30-22(10-2)17(5)26(33-30)14-28-19(7)23(11-3)31(35-28)20(8)25-12-16(4)24(32-25)13-29(21)34-27/h12-15,33-34H,9-11H2,1-8H3. The molecule has 0 saturated heterocycles. The quantitative estimate of drug-likeness (QED) is 0.410. The monoisotopic (exact) mass is 464 g/mol. The van der Waals surface area contributed by atoms with E-state index in [-0.39, 0.29) is 0 Å². The van der Waals surface area contributed by atoms with Gasteiger partial charge in [0.25, 0.3) is 0 Å². The van der Waals surface area contributed by atoms with Crippen LogP contribution in [0.3, 0.4) is 0 Å². The summed E-state index contributed by atoms with van der Waals surface area (Å²) in [7, 11) is 0. The first kappa shape index (κ1) is 23.3. The summed E-state index contributed by atoms with van der Waals surface area (Å²) in [4.78, 5) is 17.7. The SMILES string of the molecule is CCC1=C(C)c2cc3[nH]c(cc4[nH]c(cc5nc(c(C)c1n2)C=C5C)c(CC)c4C)c(CC)c3C. The van der Waals surface area contributed by atoms with Gasteiger partial charge in [-0.25, -0.2) is 9.97 Å². The highest BCUT2D eigenvalue weighted by molar-refractivity contribution is 5.94. The van der Waals surface area contributed by atoms with Crippen molar-refractivity contribution in [3.8, 4) is 0 Å². The van der Waals surface area contributed by atoms with Crippen molar-refractivity contribution >= 4 is 44.9 Å². The van der Waals surface area contributed by atoms with Crippen LogP contribution in [0.2, 0.25) is 0 Å². The van der Waals surface area contributed by atoms with Crippen LogP contribution in [0.5, 0.6) is 0 Å². The molecule has 0 unspecified atom stereocenters. The Kier molecular flexibility index (Phi) is 5.79. The Morgan fingerprint density at radius 3 is 1.80 bits per heavy atom. The second-order valence-electron chi connectivity index (χ2n) is 9.89. The molecule has 2 aliphatic heterocycles. The summed E-state index contributed by atoms with van der Waals surface area (Å²) in [5, 5.41) is 0. The number of allylic oxidation sites excluding steroid dienone is 3. The molecule has 4 heteroatoms. The zero-order valence-electron chi connectivity index (χ0n) is 22.3. The van der Waals surface area contributed by atoms with E-state index in [2.05, 4.69) is 89.6 Å². The highest BCUT2D eigenvalue weighted by Crippen LogP contribution is 2.36. The Morgan fingerprint density at radius 2 is 1.20 bits per heavy atom. The maximum Gasteiger partial charge on any atom is 0.0723 e. The molecule has 35 heavy (non-hydrogen) atoms. The average Bonchev–Trinajstić information content (AvgIpc) is 3.53. The van der Waals surface area contributed by atoms with Gasteiger partial charge in [0.2, 0.25) is 0 Å². The van der Waals surface area contributed by atoms with Crippen LogP contribution in [0, 0.1) is 20.8 Å². The molecule has 180 valence electrons. The minimum Gasteiger partial charge on any atom is -0.355 e. The number of aryl methyl sites for hydroxylation is 4. The van der Waals surface area contributed by atoms with E-state index in [0.29, 0.717) is 0 Å². The summed E-state index contributed by atoms with van der Waals surface area (Å²) in [6.07, 6.45) is 5.11. The molecule has 0 saturated carbocycles. The van der Waals surface area contributed by atoms with E-state index < -0.39 is 0 Å². The third kappa shape index (κ3) is 3.67. The van der Waals surface area contributed by atoms with Gasteiger partial charge in [0.1, 0.15) is 0 Å². The first-order valence-electron chi connectivity index (χ1n) is 12.9. The topological polar surface area (TPSA) is 57.4 Å². The van der Waals surface area contributed by atoms with Crippen molar-refractivity contribution in [2.75, 3.05) is 0 Å². The second-order valence-corrected chi connectivity index (χ2v) is 9.89. The van der Waals surface area contributed by atoms with Crippen LogP contribution in [0.15, 0.2) is 18.2 Å². The lowest BCUT2D eigenvalue weighted by Crippen LogP contribution is -1.90. The van der Waals surface area contributed by atoms with Gasteiger partial charge in [0.15, 0.2) is 0 Å². The molecule has 3 aromatic heterocycles. The van der Waals surface area contributed by atoms with Crippen molar-refractivity contribution in [1.29, 1.82) is 0 Å². The Morgan fingerprint density at radius 1 is 0.629 bits per heavy atom. The predicted octanol–water partition coefficient (Wildman–Crippen LogP) is 8.27. The lowest BCUT2D eigenvalue weighted by molar-refractivity contribution is 1.14. The zero-order valence-corrected chi connectivity index (χ0v) is 22.3. The molecular formula is C31H36N4. The van der Waals surface area contributed by atoms with E-state index in [1.54, 1.807) is 0 Å². The van der Waals surface area contributed by atoms with Crippen LogP contribution in [-0.4, -0.2) is 19.9 Å². The van der Waals surface area contributed by atoms with Crippen molar-refractivity contribution in [2.45, 2.75) is 74.7 Å². The number of fused-ring (bicyclic) bond motifs is 8. The van der Waals surface area contributed by atoms with Crippen molar-refractivity contribution < 1.29 is 0 Å². The van der Waals surface area contributed by atoms with Gasteiger partial charge in [0.05, 0.1) is 22.8 Å². The molecule has 4 nitrogen and oxygen atoms in total. The molecule has 2 aliphatic rings. The number of H-pyrrole nitrogens is 2. The number of nitrogens with zero attached hydrogens (tertiary/aromatic N) is 2. The minimum absolute atomic E-state index is 0.949. The van der Waals surface area contributed by atoms with E-state index in [4.69, 9.17) is 9.97 Å². The Balaban J connectivity index is 2.01. The third-order valence-corrected chi connectivity index (χ3v) is 7.91. The summed E-state index contributed by atoms with van der Waals surface area (Å²) in [5.74, 6) is 0. The average molecular weight is 465 g/mol. The molecule has 2 N–H and O–H groups in total. The summed E-state index contributed by atoms with van der Waals surface area (Å²) in [6, 6.07) is 6.73. The lowest BCUT2D eigenvalue weighted by atomic mass is 10.0. The molecule has 0 radical (unpaired) electrons. The molecule has 0 amide bonds. The summed E-state index contributed by atoms with van der Waals surface area (Å²) in [5.41, 5.74) is 19.0. The van der Waals surface area contributed by atoms with Crippen LogP contribution in [0.4, 0.5) is 0 Å². The number of rotatable bonds is 3. The molecule has 0 spiro atoms. The molecule has 5 heterocycles. The van der Waals surface area contributed by atoms with Crippen LogP contribution in [0.1, 0.15) is 91.6 Å². The van der Waals surface area contributed by atoms with Gasteiger partial charge in [-0.05, 0) is 117 Å². The fourth-order valence-corrected chi connectivity index (χ4v) is 5.70. The van der Waals surface area contributed by atoms with Crippen molar-refractivity contribution in [2.24, 2.45) is 0 Å². The largest absolute Gasteiger partial charge is 0.355 e. The first-order valence-corrected chi connectivity index (χ1v) is 12.9. The van der Waals surface area contributed by atoms with Crippen molar-refractivity contribution in [3.05, 3.63) is 68.8 Å². The summed E-state index contributed by atoms with van der Waals surface area (Å²) < 4.78 is 0. The van der Waals surface area contributed by atoms with Gasteiger partial charge in [-0.2, -0.15) is 0 Å². The van der Waals surface area contributed by atoms with E-state index in [9.17, 15) is 0 Å². The molecule has 3 aromatic rings. The fraction of sp³-hybridized carbons (Fsp3) is 0.355. The molecule has 8 bridgehead atoms. The van der Waals surface area contributed by atoms with E-state index in [1.165, 1.54) is 44.5 Å². The minimum atomic E-state index is 0.949. The molecule has 0 aromatic carbocycles. The highest BCUT2D eigenvalue weighted by atomic mass is 14.8. The van der Waals surface area contributed by atoms with Crippen LogP contribution in [0.25, 0.3) is 44.9 Å². The summed E-state index contributed by atoms with van der Waals surface area (Å²) >= 11 is 0. The molecule has 5 rings (SSSR count). The fourth-order valence-electron chi connectivity index (χ4n) is 5.70. The smallest absolute Gasteiger partial charge is 0.0723 e. The normalized spacial score (nSPS) is 13.5. The maximum absolute atomic E-state index is 5.16. The van der Waals surface area contributed by atoms with Gasteiger partial charge in [-0.15, -0.1) is 0 Å². The number of aromatic nitrogens is 4. The first-order chi connectivity index (χ1) is 16.8. The number of hydrogen-bond acceptors (Lipinski definition) is 2. The Hall–Kier alpha value is -3.40. The van der Waals surface area contributed by atoms with Crippen LogP contribution in [-0.2, 0) is 12.8 Å². The number of nitrogens with one attached hydrogen (secondary N) is 2. The van der Waals surface area contributed by atoms with Gasteiger partial charge < -0.3 is 9.97 Å². The summed E-state index contributed by atoms with van der Waals surface area (Å²) in [6.45, 7) is 17.6. The molecule has 0 aliphatic carbocycles. The lowest BCUT2D eigenvalue weighted by Gasteiger charge is -2.03. The van der Waals surface area contributed by atoms with Gasteiger partial charge in [0, 0.05) is 27.6 Å². The number of aromatic amines is 2. The van der Waals surface area contributed by atoms with E-state index in [0.717, 1.165) is 64.2 Å². The van der Waals surface area contributed by atoms with Crippen LogP contribution < -0.4 is 0 Å². The van der Waals surface area contributed by atoms with Gasteiger partial charge >= 0.3 is 0 Å².